The average Bonchev–Trinajstić information content (AvgIpc) is 2.74. The number of hydrogen-bond acceptors (Lipinski definition) is 7. The first kappa shape index (κ1) is 19.4. The first-order chi connectivity index (χ1) is 14.1. The van der Waals surface area contributed by atoms with Gasteiger partial charge in [-0.2, -0.15) is 9.97 Å². The fourth-order valence-corrected chi connectivity index (χ4v) is 3.65. The number of aromatic nitrogens is 3. The Hall–Kier alpha value is -2.87. The number of nitrogens with zero attached hydrogens (tertiary/aromatic N) is 6. The van der Waals surface area contributed by atoms with Crippen LogP contribution in [0.1, 0.15) is 0 Å². The van der Waals surface area contributed by atoms with E-state index in [9.17, 15) is 0 Å². The fourth-order valence-electron chi connectivity index (χ4n) is 3.25. The van der Waals surface area contributed by atoms with Crippen LogP contribution in [0.15, 0.2) is 59.2 Å². The van der Waals surface area contributed by atoms with Gasteiger partial charge in [-0.05, 0) is 30.3 Å². The highest BCUT2D eigenvalue weighted by Crippen LogP contribution is 2.25. The van der Waals surface area contributed by atoms with Crippen molar-refractivity contribution in [3.63, 3.8) is 0 Å². The number of benzene rings is 1. The second kappa shape index (κ2) is 8.65. The van der Waals surface area contributed by atoms with Gasteiger partial charge in [-0.1, -0.05) is 28.1 Å². The minimum absolute atomic E-state index is 0.745. The lowest BCUT2D eigenvalue weighted by Crippen LogP contribution is -2.47. The van der Waals surface area contributed by atoms with Gasteiger partial charge in [0.1, 0.15) is 17.5 Å². The van der Waals surface area contributed by atoms with Crippen LogP contribution in [0.2, 0.25) is 0 Å². The highest BCUT2D eigenvalue weighted by Gasteiger charge is 2.21. The van der Waals surface area contributed by atoms with Gasteiger partial charge in [0.15, 0.2) is 0 Å². The van der Waals surface area contributed by atoms with Crippen LogP contribution < -0.4 is 20.0 Å². The van der Waals surface area contributed by atoms with Gasteiger partial charge in [0.25, 0.3) is 0 Å². The van der Waals surface area contributed by atoms with E-state index in [1.165, 1.54) is 0 Å². The van der Waals surface area contributed by atoms with Crippen LogP contribution in [-0.4, -0.2) is 55.2 Å². The Morgan fingerprint density at radius 1 is 0.931 bits per heavy atom. The summed E-state index contributed by atoms with van der Waals surface area (Å²) >= 11 is 3.52. The topological polar surface area (TPSA) is 60.4 Å². The molecule has 29 heavy (non-hydrogen) atoms. The van der Waals surface area contributed by atoms with E-state index in [0.29, 0.717) is 0 Å². The van der Waals surface area contributed by atoms with Crippen LogP contribution in [0.3, 0.4) is 0 Å². The molecular formula is C21H24BrN7. The summed E-state index contributed by atoms with van der Waals surface area (Å²) in [6, 6.07) is 16.0. The van der Waals surface area contributed by atoms with Crippen LogP contribution in [0.5, 0.6) is 0 Å². The molecule has 150 valence electrons. The molecule has 7 nitrogen and oxygen atoms in total. The van der Waals surface area contributed by atoms with E-state index < -0.39 is 0 Å². The molecule has 3 heterocycles. The van der Waals surface area contributed by atoms with Crippen LogP contribution in [0.4, 0.5) is 29.1 Å². The van der Waals surface area contributed by atoms with Gasteiger partial charge in [0, 0.05) is 62.7 Å². The third-order valence-electron chi connectivity index (χ3n) is 4.79. The van der Waals surface area contributed by atoms with E-state index in [1.807, 2.05) is 67.7 Å². The Morgan fingerprint density at radius 3 is 2.41 bits per heavy atom. The maximum absolute atomic E-state index is 4.79. The minimum atomic E-state index is 0.745. The first-order valence-electron chi connectivity index (χ1n) is 9.58. The first-order valence-corrected chi connectivity index (χ1v) is 10.4. The molecule has 0 bridgehead atoms. The van der Waals surface area contributed by atoms with Gasteiger partial charge in [0.2, 0.25) is 5.95 Å². The zero-order chi connectivity index (χ0) is 20.2. The Labute approximate surface area is 179 Å². The van der Waals surface area contributed by atoms with Crippen molar-refractivity contribution in [2.75, 3.05) is 60.3 Å². The summed E-state index contributed by atoms with van der Waals surface area (Å²) in [5.41, 5.74) is 0.980. The number of halogens is 1. The smallest absolute Gasteiger partial charge is 0.229 e. The predicted octanol–water partition coefficient (Wildman–Crippen LogP) is 3.77. The molecule has 2 aromatic heterocycles. The molecule has 8 heteroatoms. The normalized spacial score (nSPS) is 14.0. The molecule has 0 unspecified atom stereocenters. The zero-order valence-electron chi connectivity index (χ0n) is 16.6. The summed E-state index contributed by atoms with van der Waals surface area (Å²) in [6.45, 7) is 3.48. The van der Waals surface area contributed by atoms with E-state index in [4.69, 9.17) is 9.97 Å². The van der Waals surface area contributed by atoms with Crippen LogP contribution >= 0.6 is 15.9 Å². The summed E-state index contributed by atoms with van der Waals surface area (Å²) in [5, 5.41) is 3.40. The lowest BCUT2D eigenvalue weighted by atomic mass is 10.3. The van der Waals surface area contributed by atoms with Gasteiger partial charge >= 0.3 is 0 Å². The third kappa shape index (κ3) is 4.76. The summed E-state index contributed by atoms with van der Waals surface area (Å²) < 4.78 is 1.02. The van der Waals surface area contributed by atoms with Crippen molar-refractivity contribution >= 4 is 45.0 Å². The molecule has 3 aromatic rings. The quantitative estimate of drug-likeness (QED) is 0.630. The van der Waals surface area contributed by atoms with Gasteiger partial charge in [-0.3, -0.25) is 0 Å². The Balaban J connectivity index is 1.53. The standard InChI is InChI=1S/C21H24BrN7/c1-27(2)20-15-18(24-17-7-5-6-16(22)14-17)25-21(26-20)29-12-10-28(11-13-29)19-8-3-4-9-23-19/h3-9,14-15H,10-13H2,1-2H3,(H,24,25,26). The Bertz CT molecular complexity index is 956. The Kier molecular flexibility index (Phi) is 5.80. The lowest BCUT2D eigenvalue weighted by molar-refractivity contribution is 0.635. The maximum atomic E-state index is 4.79. The maximum Gasteiger partial charge on any atom is 0.229 e. The van der Waals surface area contributed by atoms with E-state index in [2.05, 4.69) is 42.1 Å². The number of nitrogens with one attached hydrogen (secondary N) is 1. The predicted molar refractivity (Wildman–Crippen MR) is 122 cm³/mol. The highest BCUT2D eigenvalue weighted by atomic mass is 79.9. The second-order valence-electron chi connectivity index (χ2n) is 7.10. The molecule has 4 rings (SSSR count). The van der Waals surface area contributed by atoms with Crippen molar-refractivity contribution in [1.29, 1.82) is 0 Å². The highest BCUT2D eigenvalue weighted by molar-refractivity contribution is 9.10. The molecule has 0 atom stereocenters. The molecule has 0 amide bonds. The van der Waals surface area contributed by atoms with Gasteiger partial charge in [0.05, 0.1) is 0 Å². The fraction of sp³-hybridized carbons (Fsp3) is 0.286. The summed E-state index contributed by atoms with van der Waals surface area (Å²) in [5.74, 6) is 3.42. The molecule has 0 saturated carbocycles. The molecule has 0 aliphatic carbocycles. The van der Waals surface area contributed by atoms with E-state index in [0.717, 1.165) is 59.7 Å². The van der Waals surface area contributed by atoms with Crippen LogP contribution in [0.25, 0.3) is 0 Å². The van der Waals surface area contributed by atoms with E-state index in [-0.39, 0.29) is 0 Å². The van der Waals surface area contributed by atoms with Crippen molar-refractivity contribution in [1.82, 2.24) is 15.0 Å². The largest absolute Gasteiger partial charge is 0.363 e. The third-order valence-corrected chi connectivity index (χ3v) is 5.29. The van der Waals surface area contributed by atoms with Gasteiger partial charge in [-0.15, -0.1) is 0 Å². The molecule has 1 fully saturated rings. The molecule has 0 radical (unpaired) electrons. The number of hydrogen-bond donors (Lipinski definition) is 1. The molecule has 1 aliphatic heterocycles. The number of pyridine rings is 1. The summed E-state index contributed by atoms with van der Waals surface area (Å²) in [7, 11) is 3.99. The number of piperazine rings is 1. The molecule has 1 saturated heterocycles. The molecule has 1 aliphatic rings. The second-order valence-corrected chi connectivity index (χ2v) is 8.02. The van der Waals surface area contributed by atoms with Crippen molar-refractivity contribution in [2.24, 2.45) is 0 Å². The van der Waals surface area contributed by atoms with Crippen molar-refractivity contribution in [3.05, 3.63) is 59.2 Å². The molecule has 1 N–H and O–H groups in total. The number of rotatable bonds is 5. The lowest BCUT2D eigenvalue weighted by Gasteiger charge is -2.35. The van der Waals surface area contributed by atoms with Crippen LogP contribution in [0, 0.1) is 0 Å². The van der Waals surface area contributed by atoms with Crippen molar-refractivity contribution < 1.29 is 0 Å². The summed E-state index contributed by atoms with van der Waals surface area (Å²) in [6.07, 6.45) is 1.84. The summed E-state index contributed by atoms with van der Waals surface area (Å²) in [4.78, 5) is 20.6. The molecule has 0 spiro atoms. The SMILES string of the molecule is CN(C)c1cc(Nc2cccc(Br)c2)nc(N2CCN(c3ccccn3)CC2)n1. The molecular weight excluding hydrogens is 430 g/mol. The van der Waals surface area contributed by atoms with E-state index >= 15 is 0 Å². The van der Waals surface area contributed by atoms with Crippen LogP contribution in [-0.2, 0) is 0 Å². The zero-order valence-corrected chi connectivity index (χ0v) is 18.2. The van der Waals surface area contributed by atoms with E-state index in [1.54, 1.807) is 0 Å². The van der Waals surface area contributed by atoms with Gasteiger partial charge in [-0.25, -0.2) is 4.98 Å². The monoisotopic (exact) mass is 453 g/mol. The Morgan fingerprint density at radius 2 is 1.72 bits per heavy atom. The van der Waals surface area contributed by atoms with Gasteiger partial charge < -0.3 is 20.0 Å². The van der Waals surface area contributed by atoms with Crippen molar-refractivity contribution in [3.8, 4) is 0 Å². The average molecular weight is 454 g/mol. The number of anilines is 5. The van der Waals surface area contributed by atoms with Crippen molar-refractivity contribution in [2.45, 2.75) is 0 Å². The minimum Gasteiger partial charge on any atom is -0.363 e. The molecule has 1 aromatic carbocycles.